The Balaban J connectivity index is 1.51. The van der Waals surface area contributed by atoms with Crippen molar-refractivity contribution in [3.05, 3.63) is 42.0 Å². The average molecular weight is 392 g/mol. The van der Waals surface area contributed by atoms with E-state index in [2.05, 4.69) is 34.1 Å². The number of pyridine rings is 1. The van der Waals surface area contributed by atoms with Crippen molar-refractivity contribution in [2.75, 3.05) is 6.54 Å². The van der Waals surface area contributed by atoms with E-state index >= 15 is 0 Å². The summed E-state index contributed by atoms with van der Waals surface area (Å²) in [6.45, 7) is 6.22. The molecule has 0 aromatic carbocycles. The van der Waals surface area contributed by atoms with Gasteiger partial charge < -0.3 is 9.47 Å². The van der Waals surface area contributed by atoms with Gasteiger partial charge in [0.15, 0.2) is 11.6 Å². The Morgan fingerprint density at radius 2 is 2.07 bits per heavy atom. The molecule has 0 saturated carbocycles. The minimum Gasteiger partial charge on any atom is -0.324 e. The van der Waals surface area contributed by atoms with Crippen molar-refractivity contribution < 1.29 is 4.79 Å². The van der Waals surface area contributed by atoms with E-state index in [0.29, 0.717) is 24.7 Å². The van der Waals surface area contributed by atoms with Crippen LogP contribution >= 0.6 is 0 Å². The van der Waals surface area contributed by atoms with Gasteiger partial charge in [-0.05, 0) is 30.9 Å². The second kappa shape index (κ2) is 7.06. The predicted octanol–water partition coefficient (Wildman–Crippen LogP) is 2.12. The van der Waals surface area contributed by atoms with Crippen LogP contribution in [0.25, 0.3) is 11.4 Å². The first-order chi connectivity index (χ1) is 14.1. The van der Waals surface area contributed by atoms with E-state index in [1.54, 1.807) is 12.4 Å². The first-order valence-electron chi connectivity index (χ1n) is 10.2. The van der Waals surface area contributed by atoms with Crippen molar-refractivity contribution in [1.29, 1.82) is 0 Å². The zero-order chi connectivity index (χ0) is 20.0. The maximum Gasteiger partial charge on any atom is 0.292 e. The van der Waals surface area contributed by atoms with E-state index in [0.717, 1.165) is 43.0 Å². The molecule has 0 fully saturated rings. The molecule has 150 valence electrons. The fraction of sp³-hybridized carbons (Fsp3) is 0.500. The molecule has 0 radical (unpaired) electrons. The van der Waals surface area contributed by atoms with Crippen molar-refractivity contribution in [2.45, 2.75) is 52.2 Å². The van der Waals surface area contributed by atoms with Crippen LogP contribution in [0.5, 0.6) is 0 Å². The maximum atomic E-state index is 13.5. The number of rotatable bonds is 3. The van der Waals surface area contributed by atoms with E-state index < -0.39 is 0 Å². The van der Waals surface area contributed by atoms with Gasteiger partial charge in [0.1, 0.15) is 5.82 Å². The lowest BCUT2D eigenvalue weighted by Crippen LogP contribution is -2.45. The van der Waals surface area contributed by atoms with Crippen LogP contribution in [0.15, 0.2) is 24.5 Å². The van der Waals surface area contributed by atoms with Gasteiger partial charge in [0.25, 0.3) is 5.91 Å². The minimum absolute atomic E-state index is 0.0680. The van der Waals surface area contributed by atoms with E-state index in [9.17, 15) is 4.79 Å². The fourth-order valence-corrected chi connectivity index (χ4v) is 4.32. The largest absolute Gasteiger partial charge is 0.324 e. The number of hydrogen-bond acceptors (Lipinski definition) is 6. The van der Waals surface area contributed by atoms with Gasteiger partial charge in [-0.2, -0.15) is 5.10 Å². The van der Waals surface area contributed by atoms with Crippen LogP contribution in [0.3, 0.4) is 0 Å². The topological polar surface area (TPSA) is 94.6 Å². The molecule has 9 heteroatoms. The lowest BCUT2D eigenvalue weighted by atomic mass is 9.99. The van der Waals surface area contributed by atoms with E-state index in [1.165, 1.54) is 0 Å². The third-order valence-corrected chi connectivity index (χ3v) is 5.72. The Hall–Kier alpha value is -3.10. The average Bonchev–Trinajstić information content (AvgIpc) is 3.37. The SMILES string of the molecule is CC(C)[C@@H]1c2nc(-c3cccnc3)nn2CCN1C(=O)c1nnc2n1CCCC2. The summed E-state index contributed by atoms with van der Waals surface area (Å²) < 4.78 is 3.92. The first kappa shape index (κ1) is 18.0. The third kappa shape index (κ3) is 3.01. The van der Waals surface area contributed by atoms with Crippen LogP contribution in [0, 0.1) is 5.92 Å². The molecule has 29 heavy (non-hydrogen) atoms. The Morgan fingerprint density at radius 1 is 1.17 bits per heavy atom. The maximum absolute atomic E-state index is 13.5. The lowest BCUT2D eigenvalue weighted by Gasteiger charge is -2.37. The highest BCUT2D eigenvalue weighted by molar-refractivity contribution is 5.91. The van der Waals surface area contributed by atoms with Gasteiger partial charge in [-0.15, -0.1) is 10.2 Å². The molecule has 5 rings (SSSR count). The zero-order valence-electron chi connectivity index (χ0n) is 16.7. The van der Waals surface area contributed by atoms with Crippen molar-refractivity contribution in [2.24, 2.45) is 5.92 Å². The highest BCUT2D eigenvalue weighted by Crippen LogP contribution is 2.33. The molecule has 0 N–H and O–H groups in total. The minimum atomic E-state index is -0.161. The smallest absolute Gasteiger partial charge is 0.292 e. The second-order valence-corrected chi connectivity index (χ2v) is 7.99. The molecule has 1 atom stereocenters. The Morgan fingerprint density at radius 3 is 2.86 bits per heavy atom. The number of fused-ring (bicyclic) bond motifs is 2. The number of nitrogens with zero attached hydrogens (tertiary/aromatic N) is 8. The monoisotopic (exact) mass is 392 g/mol. The summed E-state index contributed by atoms with van der Waals surface area (Å²) in [7, 11) is 0. The molecule has 0 aliphatic carbocycles. The van der Waals surface area contributed by atoms with Gasteiger partial charge in [0.05, 0.1) is 12.6 Å². The molecular weight excluding hydrogens is 368 g/mol. The molecule has 2 aliphatic heterocycles. The predicted molar refractivity (Wildman–Crippen MR) is 105 cm³/mol. The summed E-state index contributed by atoms with van der Waals surface area (Å²) in [5.41, 5.74) is 0.876. The molecular formula is C20H24N8O. The highest BCUT2D eigenvalue weighted by atomic mass is 16.2. The second-order valence-electron chi connectivity index (χ2n) is 7.99. The number of hydrogen-bond donors (Lipinski definition) is 0. The third-order valence-electron chi connectivity index (χ3n) is 5.72. The number of amides is 1. The van der Waals surface area contributed by atoms with Crippen molar-refractivity contribution in [3.8, 4) is 11.4 Å². The number of carbonyl (C=O) groups excluding carboxylic acids is 1. The summed E-state index contributed by atoms with van der Waals surface area (Å²) in [4.78, 5) is 24.3. The van der Waals surface area contributed by atoms with Crippen LogP contribution in [0.1, 0.15) is 55.0 Å². The molecule has 2 aliphatic rings. The molecule has 3 aromatic rings. The van der Waals surface area contributed by atoms with Gasteiger partial charge in [-0.1, -0.05) is 13.8 Å². The van der Waals surface area contributed by atoms with Gasteiger partial charge in [0.2, 0.25) is 5.82 Å². The molecule has 0 saturated heterocycles. The normalized spacial score (nSPS) is 18.6. The number of aryl methyl sites for hydroxylation is 1. The summed E-state index contributed by atoms with van der Waals surface area (Å²) in [6, 6.07) is 3.66. The highest BCUT2D eigenvalue weighted by Gasteiger charge is 2.38. The van der Waals surface area contributed by atoms with Gasteiger partial charge in [-0.25, -0.2) is 9.67 Å². The fourth-order valence-electron chi connectivity index (χ4n) is 4.32. The van der Waals surface area contributed by atoms with E-state index in [4.69, 9.17) is 4.98 Å². The molecule has 3 aromatic heterocycles. The molecule has 0 unspecified atom stereocenters. The molecule has 0 bridgehead atoms. The molecule has 9 nitrogen and oxygen atoms in total. The quantitative estimate of drug-likeness (QED) is 0.678. The Kier molecular flexibility index (Phi) is 4.37. The Bertz CT molecular complexity index is 1040. The van der Waals surface area contributed by atoms with E-state index in [1.807, 2.05) is 26.3 Å². The molecule has 5 heterocycles. The van der Waals surface area contributed by atoms with Gasteiger partial charge in [0, 0.05) is 37.5 Å². The van der Waals surface area contributed by atoms with Crippen LogP contribution in [0.2, 0.25) is 0 Å². The van der Waals surface area contributed by atoms with Crippen LogP contribution in [0.4, 0.5) is 0 Å². The summed E-state index contributed by atoms with van der Waals surface area (Å²) in [5.74, 6) is 2.95. The van der Waals surface area contributed by atoms with Gasteiger partial charge in [-0.3, -0.25) is 9.78 Å². The van der Waals surface area contributed by atoms with Gasteiger partial charge >= 0.3 is 0 Å². The van der Waals surface area contributed by atoms with Crippen molar-refractivity contribution >= 4 is 5.91 Å². The van der Waals surface area contributed by atoms with Crippen LogP contribution in [-0.2, 0) is 19.5 Å². The van der Waals surface area contributed by atoms with Crippen molar-refractivity contribution in [3.63, 3.8) is 0 Å². The van der Waals surface area contributed by atoms with Crippen molar-refractivity contribution in [1.82, 2.24) is 39.4 Å². The molecule has 1 amide bonds. The lowest BCUT2D eigenvalue weighted by molar-refractivity contribution is 0.0518. The summed E-state index contributed by atoms with van der Waals surface area (Å²) in [5, 5.41) is 13.2. The summed E-state index contributed by atoms with van der Waals surface area (Å²) in [6.07, 6.45) is 6.54. The number of aromatic nitrogens is 7. The van der Waals surface area contributed by atoms with Crippen LogP contribution in [-0.4, -0.2) is 51.9 Å². The Labute approximate surface area is 168 Å². The van der Waals surface area contributed by atoms with E-state index in [-0.39, 0.29) is 17.9 Å². The van der Waals surface area contributed by atoms with Crippen LogP contribution < -0.4 is 0 Å². The zero-order valence-corrected chi connectivity index (χ0v) is 16.7. The molecule has 0 spiro atoms. The summed E-state index contributed by atoms with van der Waals surface area (Å²) >= 11 is 0. The first-order valence-corrected chi connectivity index (χ1v) is 10.2. The standard InChI is InChI=1S/C20H24N8O/c1-13(2)16-18-22-17(14-6-5-8-21-12-14)25-28(18)11-10-27(16)20(29)19-24-23-15-7-3-4-9-26(15)19/h5-6,8,12-13,16H,3-4,7,9-11H2,1-2H3/t16-/m1/s1. The number of carbonyl (C=O) groups is 1.